The second kappa shape index (κ2) is 10.4. The van der Waals surface area contributed by atoms with Crippen LogP contribution in [-0.4, -0.2) is 80.7 Å². The van der Waals surface area contributed by atoms with E-state index in [1.807, 2.05) is 17.0 Å². The molecule has 154 valence electrons. The molecule has 0 bridgehead atoms. The number of methoxy groups -OCH3 is 1. The van der Waals surface area contributed by atoms with Crippen LogP contribution in [-0.2, 0) is 14.3 Å². The van der Waals surface area contributed by atoms with E-state index in [0.717, 1.165) is 5.69 Å². The molecule has 2 rings (SSSR count). The zero-order valence-electron chi connectivity index (χ0n) is 16.4. The van der Waals surface area contributed by atoms with Crippen molar-refractivity contribution in [2.45, 2.75) is 13.3 Å². The van der Waals surface area contributed by atoms with Gasteiger partial charge < -0.3 is 29.9 Å². The van der Waals surface area contributed by atoms with Crippen LogP contribution in [0.4, 0.5) is 10.5 Å². The summed E-state index contributed by atoms with van der Waals surface area (Å²) >= 11 is 0. The number of benzene rings is 1. The molecule has 0 aromatic heterocycles. The Balaban J connectivity index is 1.97. The van der Waals surface area contributed by atoms with Crippen LogP contribution in [0.5, 0.6) is 5.75 Å². The number of amides is 3. The Kier molecular flexibility index (Phi) is 7.91. The highest BCUT2D eigenvalue weighted by Gasteiger charge is 2.26. The Morgan fingerprint density at radius 3 is 2.21 bits per heavy atom. The minimum absolute atomic E-state index is 0.0659. The van der Waals surface area contributed by atoms with Gasteiger partial charge in [0.25, 0.3) is 0 Å². The summed E-state index contributed by atoms with van der Waals surface area (Å²) < 4.78 is 10.2. The second-order valence-corrected chi connectivity index (χ2v) is 6.40. The molecule has 1 aliphatic heterocycles. The number of anilines is 1. The van der Waals surface area contributed by atoms with Crippen molar-refractivity contribution < 1.29 is 23.9 Å². The first-order valence-corrected chi connectivity index (χ1v) is 9.31. The molecule has 9 nitrogen and oxygen atoms in total. The van der Waals surface area contributed by atoms with E-state index in [9.17, 15) is 14.4 Å². The number of carbonyl (C=O) groups is 3. The quantitative estimate of drug-likeness (QED) is 0.697. The van der Waals surface area contributed by atoms with Crippen molar-refractivity contribution in [3.8, 4) is 5.75 Å². The molecule has 1 saturated heterocycles. The molecule has 0 unspecified atom stereocenters. The van der Waals surface area contributed by atoms with Crippen LogP contribution in [0.15, 0.2) is 24.3 Å². The molecule has 0 atom stereocenters. The molecule has 2 N–H and O–H groups in total. The fourth-order valence-corrected chi connectivity index (χ4v) is 2.95. The molecule has 1 fully saturated rings. The number of rotatable bonds is 8. The molecular formula is C19H28N4O5. The molecule has 3 amide bonds. The van der Waals surface area contributed by atoms with Crippen molar-refractivity contribution in [2.24, 2.45) is 5.73 Å². The zero-order chi connectivity index (χ0) is 20.5. The molecular weight excluding hydrogens is 364 g/mol. The molecule has 0 aliphatic carbocycles. The lowest BCUT2D eigenvalue weighted by Crippen LogP contribution is -2.53. The molecule has 1 aromatic carbocycles. The lowest BCUT2D eigenvalue weighted by Gasteiger charge is -2.35. The van der Waals surface area contributed by atoms with Crippen molar-refractivity contribution in [1.29, 1.82) is 0 Å². The van der Waals surface area contributed by atoms with Gasteiger partial charge in [-0.3, -0.25) is 9.59 Å². The van der Waals surface area contributed by atoms with Crippen LogP contribution in [0.3, 0.4) is 0 Å². The summed E-state index contributed by atoms with van der Waals surface area (Å²) in [5.41, 5.74) is 6.08. The standard InChI is InChI=1S/C19H28N4O5/c1-3-28-19(26)22-12-10-21(11-13-22)18(25)14-23(9-8-17(20)24)15-4-6-16(27-2)7-5-15/h4-7H,3,8-14H2,1-2H3,(H2,20,24). The van der Waals surface area contributed by atoms with Gasteiger partial charge in [0.05, 0.1) is 20.3 Å². The lowest BCUT2D eigenvalue weighted by atomic mass is 10.2. The predicted molar refractivity (Wildman–Crippen MR) is 104 cm³/mol. The average Bonchev–Trinajstić information content (AvgIpc) is 2.71. The molecule has 1 heterocycles. The molecule has 0 radical (unpaired) electrons. The lowest BCUT2D eigenvalue weighted by molar-refractivity contribution is -0.131. The van der Waals surface area contributed by atoms with E-state index in [2.05, 4.69) is 0 Å². The Morgan fingerprint density at radius 1 is 1.07 bits per heavy atom. The van der Waals surface area contributed by atoms with Gasteiger partial charge in [0, 0.05) is 44.8 Å². The number of hydrogen-bond acceptors (Lipinski definition) is 6. The van der Waals surface area contributed by atoms with Gasteiger partial charge >= 0.3 is 6.09 Å². The maximum absolute atomic E-state index is 12.8. The summed E-state index contributed by atoms with van der Waals surface area (Å²) in [5.74, 6) is 0.220. The number of piperazine rings is 1. The number of ether oxygens (including phenoxy) is 2. The van der Waals surface area contributed by atoms with Crippen molar-refractivity contribution >= 4 is 23.6 Å². The van der Waals surface area contributed by atoms with Crippen LogP contribution >= 0.6 is 0 Å². The van der Waals surface area contributed by atoms with Crippen LogP contribution in [0.25, 0.3) is 0 Å². The largest absolute Gasteiger partial charge is 0.497 e. The molecule has 1 aliphatic rings. The Morgan fingerprint density at radius 2 is 1.68 bits per heavy atom. The van der Waals surface area contributed by atoms with E-state index in [1.54, 1.807) is 36.0 Å². The SMILES string of the molecule is CCOC(=O)N1CCN(C(=O)CN(CCC(N)=O)c2ccc(OC)cc2)CC1. The monoisotopic (exact) mass is 392 g/mol. The molecule has 0 spiro atoms. The summed E-state index contributed by atoms with van der Waals surface area (Å²) in [7, 11) is 1.58. The van der Waals surface area contributed by atoms with Crippen molar-refractivity contribution in [3.63, 3.8) is 0 Å². The highest BCUT2D eigenvalue weighted by Crippen LogP contribution is 2.20. The Labute approximate surface area is 165 Å². The van der Waals surface area contributed by atoms with E-state index in [0.29, 0.717) is 45.1 Å². The number of nitrogens with two attached hydrogens (primary N) is 1. The summed E-state index contributed by atoms with van der Waals surface area (Å²) in [6.07, 6.45) is -0.202. The van der Waals surface area contributed by atoms with Crippen molar-refractivity contribution in [2.75, 3.05) is 57.9 Å². The first kappa shape index (κ1) is 21.3. The fourth-order valence-electron chi connectivity index (χ4n) is 2.95. The summed E-state index contributed by atoms with van der Waals surface area (Å²) in [5, 5.41) is 0. The van der Waals surface area contributed by atoms with Gasteiger partial charge in [0.2, 0.25) is 11.8 Å². The normalized spacial score (nSPS) is 13.8. The van der Waals surface area contributed by atoms with E-state index in [4.69, 9.17) is 15.2 Å². The summed E-state index contributed by atoms with van der Waals surface area (Å²) in [6, 6.07) is 7.28. The van der Waals surface area contributed by atoms with Gasteiger partial charge in [-0.2, -0.15) is 0 Å². The average molecular weight is 392 g/mol. The van der Waals surface area contributed by atoms with Gasteiger partial charge in [-0.25, -0.2) is 4.79 Å². The highest BCUT2D eigenvalue weighted by atomic mass is 16.6. The predicted octanol–water partition coefficient (Wildman–Crippen LogP) is 0.678. The topological polar surface area (TPSA) is 105 Å². The first-order valence-electron chi connectivity index (χ1n) is 9.31. The first-order chi connectivity index (χ1) is 13.4. The van der Waals surface area contributed by atoms with E-state index < -0.39 is 5.91 Å². The van der Waals surface area contributed by atoms with Gasteiger partial charge in [0.15, 0.2) is 0 Å². The van der Waals surface area contributed by atoms with Gasteiger partial charge in [-0.05, 0) is 31.2 Å². The Hall–Kier alpha value is -2.97. The third-order valence-electron chi connectivity index (χ3n) is 4.55. The molecule has 0 saturated carbocycles. The van der Waals surface area contributed by atoms with Gasteiger partial charge in [-0.1, -0.05) is 0 Å². The third kappa shape index (κ3) is 6.04. The minimum Gasteiger partial charge on any atom is -0.497 e. The second-order valence-electron chi connectivity index (χ2n) is 6.40. The summed E-state index contributed by atoms with van der Waals surface area (Å²) in [6.45, 7) is 4.33. The third-order valence-corrected chi connectivity index (χ3v) is 4.55. The van der Waals surface area contributed by atoms with Gasteiger partial charge in [-0.15, -0.1) is 0 Å². The van der Waals surface area contributed by atoms with E-state index in [-0.39, 0.29) is 25.0 Å². The zero-order valence-corrected chi connectivity index (χ0v) is 16.4. The van der Waals surface area contributed by atoms with Crippen LogP contribution in [0.2, 0.25) is 0 Å². The smallest absolute Gasteiger partial charge is 0.409 e. The van der Waals surface area contributed by atoms with Crippen LogP contribution < -0.4 is 15.4 Å². The number of hydrogen-bond donors (Lipinski definition) is 1. The van der Waals surface area contributed by atoms with E-state index >= 15 is 0 Å². The van der Waals surface area contributed by atoms with Crippen molar-refractivity contribution in [3.05, 3.63) is 24.3 Å². The highest BCUT2D eigenvalue weighted by molar-refractivity contribution is 5.82. The van der Waals surface area contributed by atoms with Crippen LogP contribution in [0, 0.1) is 0 Å². The minimum atomic E-state index is -0.422. The molecule has 1 aromatic rings. The maximum atomic E-state index is 12.8. The summed E-state index contributed by atoms with van der Waals surface area (Å²) in [4.78, 5) is 40.9. The maximum Gasteiger partial charge on any atom is 0.409 e. The van der Waals surface area contributed by atoms with Crippen molar-refractivity contribution in [1.82, 2.24) is 9.80 Å². The molecule has 28 heavy (non-hydrogen) atoms. The molecule has 9 heteroatoms. The van der Waals surface area contributed by atoms with Crippen LogP contribution in [0.1, 0.15) is 13.3 Å². The number of carbonyl (C=O) groups excluding carboxylic acids is 3. The van der Waals surface area contributed by atoms with Gasteiger partial charge in [0.1, 0.15) is 5.75 Å². The van der Waals surface area contributed by atoms with E-state index in [1.165, 1.54) is 0 Å². The number of primary amides is 1. The fraction of sp³-hybridized carbons (Fsp3) is 0.526. The Bertz CT molecular complexity index is 671. The number of nitrogens with zero attached hydrogens (tertiary/aromatic N) is 3.